The Balaban J connectivity index is 1.27. The molecule has 4 heterocycles. The summed E-state index contributed by atoms with van der Waals surface area (Å²) in [5.41, 5.74) is 5.18. The molecule has 9 aromatic carbocycles. The lowest BCUT2D eigenvalue weighted by Gasteiger charge is -2.14. The van der Waals surface area contributed by atoms with E-state index < -0.39 is 0 Å². The smallest absolute Gasteiger partial charge is 0.165 e. The van der Waals surface area contributed by atoms with Crippen molar-refractivity contribution in [2.24, 2.45) is 0 Å². The Morgan fingerprint density at radius 1 is 0.400 bits per heavy atom. The molecule has 254 valence electrons. The van der Waals surface area contributed by atoms with Crippen molar-refractivity contribution in [3.63, 3.8) is 0 Å². The van der Waals surface area contributed by atoms with E-state index in [1.807, 2.05) is 11.3 Å². The minimum Gasteiger partial charge on any atom is -0.292 e. The molecule has 0 unspecified atom stereocenters. The van der Waals surface area contributed by atoms with Crippen LogP contribution in [0.1, 0.15) is 0 Å². The van der Waals surface area contributed by atoms with Crippen molar-refractivity contribution in [3.05, 3.63) is 164 Å². The van der Waals surface area contributed by atoms with E-state index in [9.17, 15) is 0 Å². The van der Waals surface area contributed by atoms with Crippen LogP contribution < -0.4 is 0 Å². The zero-order chi connectivity index (χ0) is 35.8. The fourth-order valence-electron chi connectivity index (χ4n) is 9.20. The highest BCUT2D eigenvalue weighted by atomic mass is 32.1. The summed E-state index contributed by atoms with van der Waals surface area (Å²) in [5, 5.41) is 16.1. The summed E-state index contributed by atoms with van der Waals surface area (Å²) in [6.07, 6.45) is 0. The zero-order valence-electron chi connectivity index (χ0n) is 29.2. The monoisotopic (exact) mass is 733 g/mol. The molecule has 4 aromatic heterocycles. The highest BCUT2D eigenvalue weighted by molar-refractivity contribution is 7.26. The van der Waals surface area contributed by atoms with E-state index in [-0.39, 0.29) is 0 Å². The van der Waals surface area contributed by atoms with Gasteiger partial charge >= 0.3 is 0 Å². The number of benzene rings is 9. The third-order valence-electron chi connectivity index (χ3n) is 11.6. The second-order valence-corrected chi connectivity index (χ2v) is 16.5. The van der Waals surface area contributed by atoms with Crippen LogP contribution in [0.25, 0.3) is 123 Å². The van der Waals surface area contributed by atoms with Crippen LogP contribution in [0.3, 0.4) is 0 Å². The first-order valence-corrected chi connectivity index (χ1v) is 20.2. The fraction of sp³-hybridized carbons (Fsp3) is 0. The number of thiophene rings is 2. The van der Waals surface area contributed by atoms with Crippen LogP contribution in [-0.2, 0) is 0 Å². The number of fused-ring (bicyclic) bond motifs is 17. The molecule has 0 amide bonds. The van der Waals surface area contributed by atoms with E-state index in [1.165, 1.54) is 78.7 Å². The molecule has 0 aliphatic rings. The summed E-state index contributed by atoms with van der Waals surface area (Å²) in [5.74, 6) is 0.848. The standard InChI is InChI=1S/C50H27N3S2/c1-2-13-29-27-41-39(26-28(29)12-1)45-40(25-24-35-32-16-4-3-14-30(32)31-15-5-6-18-34(31)44(35)45)53(41)49-46(52-50-47(51-49)37-19-8-10-23-43(37)55-50)38-21-11-20-36-33-17-7-9-22-42(33)54-48(36)38/h1-27H. The SMILES string of the molecule is c1ccc2cc3c(cc2c1)c1c2c4ccccc4c4ccccc4c2ccc1n3-c1nc2c(nc1-c1cccc3c1sc1ccccc13)sc1ccccc12. The van der Waals surface area contributed by atoms with Crippen molar-refractivity contribution in [2.45, 2.75) is 0 Å². The first kappa shape index (κ1) is 29.8. The molecule has 0 saturated heterocycles. The Kier molecular flexibility index (Phi) is 5.93. The van der Waals surface area contributed by atoms with Gasteiger partial charge < -0.3 is 0 Å². The Morgan fingerprint density at radius 3 is 1.78 bits per heavy atom. The quantitative estimate of drug-likeness (QED) is 0.166. The van der Waals surface area contributed by atoms with Crippen LogP contribution >= 0.6 is 22.7 Å². The van der Waals surface area contributed by atoms with Gasteiger partial charge in [0.25, 0.3) is 0 Å². The van der Waals surface area contributed by atoms with Gasteiger partial charge in [-0.3, -0.25) is 4.57 Å². The molecule has 0 fully saturated rings. The van der Waals surface area contributed by atoms with Gasteiger partial charge in [0.1, 0.15) is 16.0 Å². The van der Waals surface area contributed by atoms with E-state index in [4.69, 9.17) is 9.97 Å². The molecule has 0 saturated carbocycles. The predicted molar refractivity (Wildman–Crippen MR) is 238 cm³/mol. The van der Waals surface area contributed by atoms with Crippen LogP contribution in [0.2, 0.25) is 0 Å². The third-order valence-corrected chi connectivity index (χ3v) is 13.8. The second-order valence-electron chi connectivity index (χ2n) is 14.5. The zero-order valence-corrected chi connectivity index (χ0v) is 30.9. The van der Waals surface area contributed by atoms with Crippen LogP contribution in [0.5, 0.6) is 0 Å². The lowest BCUT2D eigenvalue weighted by Crippen LogP contribution is -2.03. The predicted octanol–water partition coefficient (Wildman–Crippen LogP) is 14.6. The van der Waals surface area contributed by atoms with Gasteiger partial charge in [0.15, 0.2) is 5.82 Å². The van der Waals surface area contributed by atoms with Gasteiger partial charge in [-0.1, -0.05) is 133 Å². The molecule has 0 atom stereocenters. The molecule has 3 nitrogen and oxygen atoms in total. The Labute approximate surface area is 322 Å². The lowest BCUT2D eigenvalue weighted by molar-refractivity contribution is 1.09. The molecule has 0 bridgehead atoms. The van der Waals surface area contributed by atoms with E-state index >= 15 is 0 Å². The first-order valence-electron chi connectivity index (χ1n) is 18.6. The molecule has 0 aliphatic carbocycles. The molecule has 55 heavy (non-hydrogen) atoms. The van der Waals surface area contributed by atoms with Crippen LogP contribution in [0.4, 0.5) is 0 Å². The van der Waals surface area contributed by atoms with Crippen molar-refractivity contribution in [1.29, 1.82) is 0 Å². The summed E-state index contributed by atoms with van der Waals surface area (Å²) >= 11 is 3.56. The summed E-state index contributed by atoms with van der Waals surface area (Å²) in [7, 11) is 0. The molecule has 13 aromatic rings. The molecular formula is C50H27N3S2. The minimum absolute atomic E-state index is 0.848. The van der Waals surface area contributed by atoms with Crippen molar-refractivity contribution >= 4 is 128 Å². The van der Waals surface area contributed by atoms with Crippen LogP contribution in [0.15, 0.2) is 164 Å². The summed E-state index contributed by atoms with van der Waals surface area (Å²) in [6, 6.07) is 59.9. The van der Waals surface area contributed by atoms with Crippen molar-refractivity contribution < 1.29 is 0 Å². The van der Waals surface area contributed by atoms with Gasteiger partial charge in [-0.2, -0.15) is 0 Å². The van der Waals surface area contributed by atoms with Crippen LogP contribution in [-0.4, -0.2) is 14.5 Å². The van der Waals surface area contributed by atoms with Crippen molar-refractivity contribution in [1.82, 2.24) is 14.5 Å². The number of nitrogens with zero attached hydrogens (tertiary/aromatic N) is 3. The van der Waals surface area contributed by atoms with Gasteiger partial charge in [-0.05, 0) is 68.0 Å². The average molecular weight is 734 g/mol. The maximum atomic E-state index is 5.73. The van der Waals surface area contributed by atoms with E-state index in [1.54, 1.807) is 11.3 Å². The first-order chi connectivity index (χ1) is 27.3. The van der Waals surface area contributed by atoms with Gasteiger partial charge in [0.2, 0.25) is 0 Å². The molecule has 5 heteroatoms. The van der Waals surface area contributed by atoms with Gasteiger partial charge in [0, 0.05) is 52.0 Å². The second kappa shape index (κ2) is 11.0. The van der Waals surface area contributed by atoms with E-state index in [0.29, 0.717) is 0 Å². The van der Waals surface area contributed by atoms with E-state index in [0.717, 1.165) is 43.8 Å². The topological polar surface area (TPSA) is 30.7 Å². The van der Waals surface area contributed by atoms with Gasteiger partial charge in [-0.15, -0.1) is 22.7 Å². The Morgan fingerprint density at radius 2 is 1.00 bits per heavy atom. The molecule has 0 aliphatic heterocycles. The van der Waals surface area contributed by atoms with Crippen LogP contribution in [0, 0.1) is 0 Å². The molecular weight excluding hydrogens is 707 g/mol. The fourth-order valence-corrected chi connectivity index (χ4v) is 11.4. The van der Waals surface area contributed by atoms with E-state index in [2.05, 4.69) is 168 Å². The number of rotatable bonds is 2. The maximum Gasteiger partial charge on any atom is 0.165 e. The lowest BCUT2D eigenvalue weighted by atomic mass is 9.91. The van der Waals surface area contributed by atoms with Crippen molar-refractivity contribution in [2.75, 3.05) is 0 Å². The summed E-state index contributed by atoms with van der Waals surface area (Å²) in [6.45, 7) is 0. The molecule has 13 rings (SSSR count). The van der Waals surface area contributed by atoms with Gasteiger partial charge in [0.05, 0.1) is 11.0 Å². The Bertz CT molecular complexity index is 3760. The molecule has 0 spiro atoms. The number of aromatic nitrogens is 3. The largest absolute Gasteiger partial charge is 0.292 e. The highest BCUT2D eigenvalue weighted by Crippen LogP contribution is 2.47. The number of hydrogen-bond donors (Lipinski definition) is 0. The number of hydrogen-bond acceptors (Lipinski definition) is 4. The highest BCUT2D eigenvalue weighted by Gasteiger charge is 2.25. The normalized spacial score (nSPS) is 12.4. The minimum atomic E-state index is 0.848. The average Bonchev–Trinajstić information content (AvgIpc) is 3.91. The van der Waals surface area contributed by atoms with Gasteiger partial charge in [-0.25, -0.2) is 9.97 Å². The van der Waals surface area contributed by atoms with Crippen molar-refractivity contribution in [3.8, 4) is 17.1 Å². The molecule has 0 radical (unpaired) electrons. The Hall–Kier alpha value is -6.66. The maximum absolute atomic E-state index is 5.73. The summed E-state index contributed by atoms with van der Waals surface area (Å²) < 4.78 is 6.12. The third kappa shape index (κ3) is 4.03. The summed E-state index contributed by atoms with van der Waals surface area (Å²) in [4.78, 5) is 12.3. The molecule has 0 N–H and O–H groups in total.